The molecular weight excluding hydrogens is 312 g/mol. The minimum Gasteiger partial charge on any atom is -0.465 e. The number of nitrogens with one attached hydrogen (secondary N) is 1. The standard InChI is InChI=1S/C17H14N2O5/c1-9(20)14-10(2)24-16(13(14)8-18)19-15(21)11-6-4-5-7-12(11)17(22)23-3/h4-7H,1-3H3,(H,19,21). The number of amides is 1. The highest BCUT2D eigenvalue weighted by Gasteiger charge is 2.24. The number of carbonyl (C=O) groups is 3. The second-order valence-corrected chi connectivity index (χ2v) is 4.90. The summed E-state index contributed by atoms with van der Waals surface area (Å²) < 4.78 is 9.96. The highest BCUT2D eigenvalue weighted by Crippen LogP contribution is 2.27. The first-order chi connectivity index (χ1) is 11.4. The topological polar surface area (TPSA) is 109 Å². The molecule has 0 unspecified atom stereocenters. The maximum Gasteiger partial charge on any atom is 0.338 e. The summed E-state index contributed by atoms with van der Waals surface area (Å²) in [6.45, 7) is 2.83. The lowest BCUT2D eigenvalue weighted by Gasteiger charge is -2.07. The van der Waals surface area contributed by atoms with Crippen LogP contribution in [-0.4, -0.2) is 24.8 Å². The first-order valence-electron chi connectivity index (χ1n) is 6.93. The van der Waals surface area contributed by atoms with Gasteiger partial charge in [-0.15, -0.1) is 0 Å². The number of ketones is 1. The largest absolute Gasteiger partial charge is 0.465 e. The van der Waals surface area contributed by atoms with E-state index < -0.39 is 11.9 Å². The van der Waals surface area contributed by atoms with Crippen molar-refractivity contribution in [2.75, 3.05) is 12.4 Å². The summed E-state index contributed by atoms with van der Waals surface area (Å²) in [5.41, 5.74) is 0.204. The molecule has 2 aromatic rings. The van der Waals surface area contributed by atoms with E-state index in [0.717, 1.165) is 0 Å². The number of nitrogens with zero attached hydrogens (tertiary/aromatic N) is 1. The summed E-state index contributed by atoms with van der Waals surface area (Å²) >= 11 is 0. The van der Waals surface area contributed by atoms with Crippen molar-refractivity contribution in [1.82, 2.24) is 0 Å². The molecule has 24 heavy (non-hydrogen) atoms. The molecule has 0 fully saturated rings. The van der Waals surface area contributed by atoms with Gasteiger partial charge in [-0.25, -0.2) is 4.79 Å². The molecule has 0 atom stereocenters. The van der Waals surface area contributed by atoms with Crippen molar-refractivity contribution in [3.05, 3.63) is 52.3 Å². The number of rotatable bonds is 4. The fraction of sp³-hybridized carbons (Fsp3) is 0.176. The fourth-order valence-corrected chi connectivity index (χ4v) is 2.30. The van der Waals surface area contributed by atoms with Crippen LogP contribution in [0.5, 0.6) is 0 Å². The smallest absolute Gasteiger partial charge is 0.338 e. The molecule has 0 spiro atoms. The van der Waals surface area contributed by atoms with Gasteiger partial charge in [0.1, 0.15) is 17.4 Å². The van der Waals surface area contributed by atoms with Crippen LogP contribution < -0.4 is 5.32 Å². The van der Waals surface area contributed by atoms with Crippen LogP contribution in [0.4, 0.5) is 5.88 Å². The molecule has 0 saturated heterocycles. The second kappa shape index (κ2) is 6.79. The van der Waals surface area contributed by atoms with Gasteiger partial charge in [0.15, 0.2) is 5.78 Å². The number of nitriles is 1. The van der Waals surface area contributed by atoms with Gasteiger partial charge in [-0.1, -0.05) is 12.1 Å². The molecule has 1 aromatic heterocycles. The molecule has 7 heteroatoms. The lowest BCUT2D eigenvalue weighted by atomic mass is 10.1. The Balaban J connectivity index is 2.42. The van der Waals surface area contributed by atoms with E-state index in [2.05, 4.69) is 10.1 Å². The molecular formula is C17H14N2O5. The second-order valence-electron chi connectivity index (χ2n) is 4.90. The fourth-order valence-electron chi connectivity index (χ4n) is 2.30. The highest BCUT2D eigenvalue weighted by atomic mass is 16.5. The third-order valence-corrected chi connectivity index (χ3v) is 3.35. The van der Waals surface area contributed by atoms with Gasteiger partial charge in [0.2, 0.25) is 5.88 Å². The zero-order valence-electron chi connectivity index (χ0n) is 13.3. The van der Waals surface area contributed by atoms with Crippen molar-refractivity contribution >= 4 is 23.5 Å². The van der Waals surface area contributed by atoms with Crippen LogP contribution >= 0.6 is 0 Å². The Morgan fingerprint density at radius 2 is 1.83 bits per heavy atom. The maximum atomic E-state index is 12.4. The van der Waals surface area contributed by atoms with E-state index in [-0.39, 0.29) is 39.7 Å². The lowest BCUT2D eigenvalue weighted by molar-refractivity contribution is 0.0597. The number of benzene rings is 1. The minimum absolute atomic E-state index is 0.0519. The Morgan fingerprint density at radius 3 is 2.38 bits per heavy atom. The summed E-state index contributed by atoms with van der Waals surface area (Å²) in [7, 11) is 1.21. The molecule has 7 nitrogen and oxygen atoms in total. The van der Waals surface area contributed by atoms with Crippen molar-refractivity contribution in [3.8, 4) is 6.07 Å². The molecule has 0 aliphatic rings. The van der Waals surface area contributed by atoms with Crippen molar-refractivity contribution in [1.29, 1.82) is 5.26 Å². The summed E-state index contributed by atoms with van der Waals surface area (Å²) in [4.78, 5) is 35.8. The highest BCUT2D eigenvalue weighted by molar-refractivity contribution is 6.11. The minimum atomic E-state index is -0.665. The summed E-state index contributed by atoms with van der Waals surface area (Å²) in [6, 6.07) is 7.91. The number of Topliss-reactive ketones (excluding diaryl/α,β-unsaturated/α-hetero) is 1. The predicted molar refractivity (Wildman–Crippen MR) is 83.9 cm³/mol. The van der Waals surface area contributed by atoms with Gasteiger partial charge in [0.05, 0.1) is 23.8 Å². The van der Waals surface area contributed by atoms with Crippen LogP contribution in [0.2, 0.25) is 0 Å². The summed E-state index contributed by atoms with van der Waals surface area (Å²) in [5.74, 6) is -1.57. The van der Waals surface area contributed by atoms with E-state index >= 15 is 0 Å². The first-order valence-corrected chi connectivity index (χ1v) is 6.93. The zero-order chi connectivity index (χ0) is 17.9. The van der Waals surface area contributed by atoms with Gasteiger partial charge >= 0.3 is 5.97 Å². The van der Waals surface area contributed by atoms with E-state index in [1.54, 1.807) is 12.1 Å². The molecule has 0 bridgehead atoms. The van der Waals surface area contributed by atoms with Crippen LogP contribution in [0.1, 0.15) is 49.3 Å². The number of anilines is 1. The van der Waals surface area contributed by atoms with Crippen LogP contribution in [-0.2, 0) is 4.74 Å². The van der Waals surface area contributed by atoms with E-state index in [1.165, 1.54) is 33.1 Å². The van der Waals surface area contributed by atoms with Crippen molar-refractivity contribution in [2.45, 2.75) is 13.8 Å². The molecule has 1 amide bonds. The number of furan rings is 1. The Kier molecular flexibility index (Phi) is 4.80. The maximum absolute atomic E-state index is 12.4. The number of esters is 1. The van der Waals surface area contributed by atoms with Gasteiger partial charge in [0.25, 0.3) is 5.91 Å². The Hall–Kier alpha value is -3.40. The third-order valence-electron chi connectivity index (χ3n) is 3.35. The quantitative estimate of drug-likeness (QED) is 0.683. The SMILES string of the molecule is COC(=O)c1ccccc1C(=O)Nc1oc(C)c(C(C)=O)c1C#N. The number of carbonyl (C=O) groups excluding carboxylic acids is 3. The molecule has 1 N–H and O–H groups in total. The zero-order valence-corrected chi connectivity index (χ0v) is 13.3. The van der Waals surface area contributed by atoms with Gasteiger partial charge in [-0.3, -0.25) is 14.9 Å². The molecule has 1 heterocycles. The first kappa shape index (κ1) is 17.0. The molecule has 2 rings (SSSR count). The number of ether oxygens (including phenoxy) is 1. The molecule has 0 aliphatic heterocycles. The van der Waals surface area contributed by atoms with E-state index in [1.807, 2.05) is 6.07 Å². The Labute approximate surface area is 137 Å². The average Bonchev–Trinajstić information content (AvgIpc) is 2.89. The number of hydrogen-bond donors (Lipinski definition) is 1. The van der Waals surface area contributed by atoms with Gasteiger partial charge in [-0.2, -0.15) is 5.26 Å². The number of aryl methyl sites for hydroxylation is 1. The molecule has 1 aromatic carbocycles. The Bertz CT molecular complexity index is 874. The van der Waals surface area contributed by atoms with Crippen LogP contribution in [0, 0.1) is 18.3 Å². The Morgan fingerprint density at radius 1 is 1.21 bits per heavy atom. The summed E-state index contributed by atoms with van der Waals surface area (Å²) in [6.07, 6.45) is 0. The predicted octanol–water partition coefficient (Wildman–Crippen LogP) is 2.70. The van der Waals surface area contributed by atoms with Crippen molar-refractivity contribution in [2.24, 2.45) is 0 Å². The number of methoxy groups -OCH3 is 1. The normalized spacial score (nSPS) is 9.92. The van der Waals surface area contributed by atoms with E-state index in [9.17, 15) is 19.6 Å². The van der Waals surface area contributed by atoms with Crippen LogP contribution in [0.25, 0.3) is 0 Å². The molecule has 0 aliphatic carbocycles. The monoisotopic (exact) mass is 326 g/mol. The van der Waals surface area contributed by atoms with Gasteiger partial charge < -0.3 is 9.15 Å². The van der Waals surface area contributed by atoms with E-state index in [0.29, 0.717) is 0 Å². The van der Waals surface area contributed by atoms with Crippen molar-refractivity contribution in [3.63, 3.8) is 0 Å². The van der Waals surface area contributed by atoms with Gasteiger partial charge in [-0.05, 0) is 26.0 Å². The van der Waals surface area contributed by atoms with Crippen LogP contribution in [0.15, 0.2) is 28.7 Å². The van der Waals surface area contributed by atoms with Crippen molar-refractivity contribution < 1.29 is 23.5 Å². The number of hydrogen-bond acceptors (Lipinski definition) is 6. The van der Waals surface area contributed by atoms with E-state index in [4.69, 9.17) is 4.42 Å². The van der Waals surface area contributed by atoms with Gasteiger partial charge in [0, 0.05) is 0 Å². The summed E-state index contributed by atoms with van der Waals surface area (Å²) in [5, 5.41) is 11.7. The molecule has 0 saturated carbocycles. The molecule has 122 valence electrons. The third kappa shape index (κ3) is 3.03. The lowest BCUT2D eigenvalue weighted by Crippen LogP contribution is -2.17. The molecule has 0 radical (unpaired) electrons. The van der Waals surface area contributed by atoms with Crippen LogP contribution in [0.3, 0.4) is 0 Å². The average molecular weight is 326 g/mol.